The first-order valence-electron chi connectivity index (χ1n) is 9.67. The fourth-order valence-corrected chi connectivity index (χ4v) is 3.63. The summed E-state index contributed by atoms with van der Waals surface area (Å²) < 4.78 is 32.7. The van der Waals surface area contributed by atoms with E-state index in [1.807, 2.05) is 12.1 Å². The third kappa shape index (κ3) is 5.66. The van der Waals surface area contributed by atoms with Gasteiger partial charge in [0.15, 0.2) is 0 Å². The van der Waals surface area contributed by atoms with E-state index in [9.17, 15) is 13.6 Å². The van der Waals surface area contributed by atoms with Crippen LogP contribution in [-0.4, -0.2) is 22.6 Å². The largest absolute Gasteiger partial charge is 0.444 e. The summed E-state index contributed by atoms with van der Waals surface area (Å²) in [5.74, 6) is -2.80. The zero-order valence-corrected chi connectivity index (χ0v) is 17.5. The summed E-state index contributed by atoms with van der Waals surface area (Å²) in [6.07, 6.45) is 1.29. The molecule has 1 aromatic carbocycles. The molecule has 1 saturated carbocycles. The van der Waals surface area contributed by atoms with E-state index < -0.39 is 17.6 Å². The minimum Gasteiger partial charge on any atom is -0.444 e. The monoisotopic (exact) mass is 422 g/mol. The third-order valence-corrected chi connectivity index (χ3v) is 5.12. The van der Waals surface area contributed by atoms with Gasteiger partial charge in [-0.05, 0) is 57.4 Å². The Bertz CT molecular complexity index is 869. The smallest absolute Gasteiger partial charge is 0.412 e. The molecule has 7 heteroatoms. The van der Waals surface area contributed by atoms with Crippen molar-refractivity contribution in [2.75, 3.05) is 5.32 Å². The molecule has 1 aliphatic carbocycles. The molecular formula is C22H25ClF2N2O2. The lowest BCUT2D eigenvalue weighted by molar-refractivity contribution is -0.0384. The molecule has 1 heterocycles. The van der Waals surface area contributed by atoms with Crippen LogP contribution in [0.15, 0.2) is 36.5 Å². The summed E-state index contributed by atoms with van der Waals surface area (Å²) in [6, 6.07) is 9.00. The Morgan fingerprint density at radius 3 is 2.38 bits per heavy atom. The predicted molar refractivity (Wildman–Crippen MR) is 111 cm³/mol. The van der Waals surface area contributed by atoms with Gasteiger partial charge in [0, 0.05) is 35.5 Å². The van der Waals surface area contributed by atoms with E-state index in [2.05, 4.69) is 10.3 Å². The number of carbonyl (C=O) groups is 1. The quantitative estimate of drug-likeness (QED) is 0.576. The van der Waals surface area contributed by atoms with Crippen molar-refractivity contribution in [1.29, 1.82) is 0 Å². The topological polar surface area (TPSA) is 51.2 Å². The van der Waals surface area contributed by atoms with E-state index in [4.69, 9.17) is 16.3 Å². The van der Waals surface area contributed by atoms with Gasteiger partial charge in [-0.2, -0.15) is 0 Å². The molecule has 1 N–H and O–H groups in total. The molecule has 1 amide bonds. The lowest BCUT2D eigenvalue weighted by Gasteiger charge is -2.30. The van der Waals surface area contributed by atoms with Crippen molar-refractivity contribution in [3.63, 3.8) is 0 Å². The van der Waals surface area contributed by atoms with Crippen LogP contribution in [0.3, 0.4) is 0 Å². The van der Waals surface area contributed by atoms with Gasteiger partial charge in [0.25, 0.3) is 0 Å². The average Bonchev–Trinajstić information content (AvgIpc) is 2.61. The number of alkyl halides is 2. The van der Waals surface area contributed by atoms with E-state index >= 15 is 0 Å². The van der Waals surface area contributed by atoms with Crippen LogP contribution in [0.25, 0.3) is 11.1 Å². The number of nitrogens with zero attached hydrogens (tertiary/aromatic N) is 1. The summed E-state index contributed by atoms with van der Waals surface area (Å²) in [5, 5.41) is 3.42. The first-order valence-corrected chi connectivity index (χ1v) is 10.0. The van der Waals surface area contributed by atoms with Gasteiger partial charge >= 0.3 is 6.09 Å². The highest BCUT2D eigenvalue weighted by Gasteiger charge is 2.37. The van der Waals surface area contributed by atoms with Crippen LogP contribution in [0, 0.1) is 0 Å². The Morgan fingerprint density at radius 1 is 1.17 bits per heavy atom. The molecule has 0 aliphatic heterocycles. The summed E-state index contributed by atoms with van der Waals surface area (Å²) >= 11 is 6.00. The molecule has 29 heavy (non-hydrogen) atoms. The number of carbonyl (C=O) groups excluding carboxylic acids is 1. The first kappa shape index (κ1) is 21.5. The summed E-state index contributed by atoms with van der Waals surface area (Å²) in [4.78, 5) is 17.0. The Morgan fingerprint density at radius 2 is 1.79 bits per heavy atom. The van der Waals surface area contributed by atoms with Crippen molar-refractivity contribution >= 4 is 23.4 Å². The molecular weight excluding hydrogens is 398 g/mol. The highest BCUT2D eigenvalue weighted by atomic mass is 35.5. The average molecular weight is 423 g/mol. The van der Waals surface area contributed by atoms with Crippen molar-refractivity contribution in [3.05, 3.63) is 47.2 Å². The zero-order chi connectivity index (χ0) is 21.2. The summed E-state index contributed by atoms with van der Waals surface area (Å²) in [7, 11) is 0. The number of hydrogen-bond acceptors (Lipinski definition) is 3. The summed E-state index contributed by atoms with van der Waals surface area (Å²) in [5.41, 5.74) is 2.03. The molecule has 1 aliphatic rings. The third-order valence-electron chi connectivity index (χ3n) is 4.87. The highest BCUT2D eigenvalue weighted by Crippen LogP contribution is 2.44. The van der Waals surface area contributed by atoms with Crippen LogP contribution in [0.5, 0.6) is 0 Å². The molecule has 1 fully saturated rings. The maximum absolute atomic E-state index is 13.6. The normalized spacial score (nSPS) is 17.0. The van der Waals surface area contributed by atoms with E-state index in [0.29, 0.717) is 29.2 Å². The minimum absolute atomic E-state index is 0.160. The number of rotatable bonds is 3. The van der Waals surface area contributed by atoms with Crippen molar-refractivity contribution < 1.29 is 18.3 Å². The molecule has 2 aromatic rings. The van der Waals surface area contributed by atoms with E-state index in [1.54, 1.807) is 45.2 Å². The Hall–Kier alpha value is -2.21. The van der Waals surface area contributed by atoms with Crippen molar-refractivity contribution in [3.8, 4) is 11.1 Å². The number of halogens is 3. The van der Waals surface area contributed by atoms with Gasteiger partial charge in [-0.25, -0.2) is 13.6 Å². The number of ether oxygens (including phenoxy) is 1. The molecule has 0 bridgehead atoms. The Labute approximate surface area is 174 Å². The predicted octanol–water partition coefficient (Wildman–Crippen LogP) is 7.04. The van der Waals surface area contributed by atoms with Gasteiger partial charge < -0.3 is 4.74 Å². The molecule has 4 nitrogen and oxygen atoms in total. The number of nitrogens with one attached hydrogen (secondary N) is 1. The van der Waals surface area contributed by atoms with E-state index in [-0.39, 0.29) is 18.8 Å². The Balaban J connectivity index is 2.00. The van der Waals surface area contributed by atoms with Crippen molar-refractivity contribution in [1.82, 2.24) is 4.98 Å². The van der Waals surface area contributed by atoms with Crippen LogP contribution in [0.2, 0.25) is 5.02 Å². The van der Waals surface area contributed by atoms with Gasteiger partial charge in [0.2, 0.25) is 5.92 Å². The van der Waals surface area contributed by atoms with Gasteiger partial charge in [-0.1, -0.05) is 23.7 Å². The number of anilines is 1. The van der Waals surface area contributed by atoms with Crippen LogP contribution in [0.4, 0.5) is 19.3 Å². The van der Waals surface area contributed by atoms with Crippen molar-refractivity contribution in [2.45, 2.75) is 63.9 Å². The standard InChI is InChI=1S/C22H25ClF2N2O2/c1-21(2,3)29-20(28)27-19-17(14-4-6-16(23)7-5-14)10-13-26-18(19)15-8-11-22(24,25)12-9-15/h4-7,10,13,15H,8-9,11-12H2,1-3H3,(H,27,28). The van der Waals surface area contributed by atoms with E-state index in [0.717, 1.165) is 11.1 Å². The second kappa shape index (κ2) is 8.27. The number of hydrogen-bond donors (Lipinski definition) is 1. The summed E-state index contributed by atoms with van der Waals surface area (Å²) in [6.45, 7) is 5.33. The molecule has 0 radical (unpaired) electrons. The van der Waals surface area contributed by atoms with Gasteiger partial charge in [-0.15, -0.1) is 0 Å². The number of pyridine rings is 1. The fraction of sp³-hybridized carbons (Fsp3) is 0.455. The molecule has 156 valence electrons. The Kier molecular flexibility index (Phi) is 6.13. The second-order valence-corrected chi connectivity index (χ2v) is 8.82. The van der Waals surface area contributed by atoms with Crippen molar-refractivity contribution in [2.24, 2.45) is 0 Å². The maximum atomic E-state index is 13.6. The number of amides is 1. The lowest BCUT2D eigenvalue weighted by atomic mass is 9.83. The van der Waals surface area contributed by atoms with Gasteiger partial charge in [0.05, 0.1) is 11.4 Å². The van der Waals surface area contributed by atoms with Gasteiger partial charge in [0.1, 0.15) is 5.60 Å². The molecule has 0 atom stereocenters. The SMILES string of the molecule is CC(C)(C)OC(=O)Nc1c(-c2ccc(Cl)cc2)ccnc1C1CCC(F)(F)CC1. The molecule has 0 unspecified atom stereocenters. The first-order chi connectivity index (χ1) is 13.5. The van der Waals surface area contributed by atoms with E-state index in [1.165, 1.54) is 0 Å². The van der Waals surface area contributed by atoms with Crippen LogP contribution >= 0.6 is 11.6 Å². The van der Waals surface area contributed by atoms with Crippen LogP contribution in [0.1, 0.15) is 58.1 Å². The zero-order valence-electron chi connectivity index (χ0n) is 16.8. The molecule has 0 spiro atoms. The highest BCUT2D eigenvalue weighted by molar-refractivity contribution is 6.30. The lowest BCUT2D eigenvalue weighted by Crippen LogP contribution is -2.29. The van der Waals surface area contributed by atoms with Crippen LogP contribution < -0.4 is 5.32 Å². The second-order valence-electron chi connectivity index (χ2n) is 8.38. The minimum atomic E-state index is -2.64. The number of aromatic nitrogens is 1. The molecule has 1 aromatic heterocycles. The molecule has 0 saturated heterocycles. The van der Waals surface area contributed by atoms with Crippen LogP contribution in [-0.2, 0) is 4.74 Å². The molecule has 3 rings (SSSR count). The van der Waals surface area contributed by atoms with Gasteiger partial charge in [-0.3, -0.25) is 10.3 Å². The maximum Gasteiger partial charge on any atom is 0.412 e. The fourth-order valence-electron chi connectivity index (χ4n) is 3.51. The number of benzene rings is 1.